The number of anilines is 1. The van der Waals surface area contributed by atoms with Gasteiger partial charge in [0.15, 0.2) is 0 Å². The van der Waals surface area contributed by atoms with E-state index in [1.165, 1.54) is 11.8 Å². The van der Waals surface area contributed by atoms with Crippen molar-refractivity contribution in [3.05, 3.63) is 59.7 Å². The highest BCUT2D eigenvalue weighted by molar-refractivity contribution is 8.01. The summed E-state index contributed by atoms with van der Waals surface area (Å²) in [6.07, 6.45) is -0.0289. The molecule has 2 aromatic rings. The van der Waals surface area contributed by atoms with Gasteiger partial charge in [-0.2, -0.15) is 0 Å². The molecule has 1 heterocycles. The van der Waals surface area contributed by atoms with Crippen LogP contribution in [-0.4, -0.2) is 23.0 Å². The summed E-state index contributed by atoms with van der Waals surface area (Å²) in [6.45, 7) is 1.82. The minimum absolute atomic E-state index is 0.0289. The van der Waals surface area contributed by atoms with Gasteiger partial charge >= 0.3 is 0 Å². The van der Waals surface area contributed by atoms with E-state index in [2.05, 4.69) is 16.2 Å². The van der Waals surface area contributed by atoms with E-state index in [1.807, 2.05) is 43.3 Å². The van der Waals surface area contributed by atoms with E-state index < -0.39 is 17.1 Å². The zero-order valence-electron chi connectivity index (χ0n) is 13.5. The molecule has 1 unspecified atom stereocenters. The van der Waals surface area contributed by atoms with E-state index in [-0.39, 0.29) is 12.3 Å². The van der Waals surface area contributed by atoms with Crippen LogP contribution in [-0.2, 0) is 9.59 Å². The second-order valence-electron chi connectivity index (χ2n) is 5.61. The highest BCUT2D eigenvalue weighted by atomic mass is 32.2. The highest BCUT2D eigenvalue weighted by Crippen LogP contribution is 2.36. The summed E-state index contributed by atoms with van der Waals surface area (Å²) in [4.78, 5) is 37.2. The van der Waals surface area contributed by atoms with Gasteiger partial charge in [0.1, 0.15) is 0 Å². The summed E-state index contributed by atoms with van der Waals surface area (Å²) in [5, 5.41) is 2.25. The summed E-state index contributed by atoms with van der Waals surface area (Å²) >= 11 is 1.34. The van der Waals surface area contributed by atoms with E-state index >= 15 is 0 Å². The number of carbonyl (C=O) groups excluding carboxylic acids is 3. The molecule has 0 aromatic heterocycles. The number of benzene rings is 2. The molecule has 3 N–H and O–H groups in total. The van der Waals surface area contributed by atoms with Gasteiger partial charge < -0.3 is 5.32 Å². The molecule has 1 aliphatic heterocycles. The van der Waals surface area contributed by atoms with Crippen molar-refractivity contribution >= 4 is 35.2 Å². The topological polar surface area (TPSA) is 87.3 Å². The fraction of sp³-hybridized carbons (Fsp3) is 0.167. The summed E-state index contributed by atoms with van der Waals surface area (Å²) in [5.74, 6) is -1.03. The first-order valence-corrected chi connectivity index (χ1v) is 8.64. The van der Waals surface area contributed by atoms with Gasteiger partial charge in [-0.3, -0.25) is 25.2 Å². The Kier molecular flexibility index (Phi) is 5.04. The van der Waals surface area contributed by atoms with E-state index in [4.69, 9.17) is 0 Å². The number of amides is 3. The van der Waals surface area contributed by atoms with Crippen LogP contribution >= 0.6 is 11.8 Å². The molecule has 0 aliphatic carbocycles. The Morgan fingerprint density at radius 1 is 1.08 bits per heavy atom. The zero-order valence-corrected chi connectivity index (χ0v) is 14.4. The minimum Gasteiger partial charge on any atom is -0.324 e. The van der Waals surface area contributed by atoms with Crippen LogP contribution in [0, 0.1) is 6.92 Å². The van der Waals surface area contributed by atoms with Gasteiger partial charge in [0.05, 0.1) is 10.9 Å². The maximum atomic E-state index is 12.1. The second-order valence-corrected chi connectivity index (χ2v) is 6.86. The first-order valence-electron chi connectivity index (χ1n) is 7.76. The number of carbonyl (C=O) groups is 3. The molecule has 2 aromatic carbocycles. The Morgan fingerprint density at radius 3 is 2.60 bits per heavy atom. The van der Waals surface area contributed by atoms with Crippen molar-refractivity contribution in [2.45, 2.75) is 23.5 Å². The molecule has 0 fully saturated rings. The van der Waals surface area contributed by atoms with Crippen molar-refractivity contribution in [2.75, 3.05) is 5.32 Å². The van der Waals surface area contributed by atoms with Crippen LogP contribution in [0.4, 0.5) is 5.69 Å². The van der Waals surface area contributed by atoms with Crippen molar-refractivity contribution < 1.29 is 14.4 Å². The van der Waals surface area contributed by atoms with E-state index in [9.17, 15) is 14.4 Å². The first-order chi connectivity index (χ1) is 12.0. The number of para-hydroxylation sites is 1. The van der Waals surface area contributed by atoms with Crippen molar-refractivity contribution in [1.29, 1.82) is 0 Å². The van der Waals surface area contributed by atoms with Gasteiger partial charge in [-0.25, -0.2) is 0 Å². The van der Waals surface area contributed by atoms with Gasteiger partial charge in [-0.1, -0.05) is 30.3 Å². The third-order valence-electron chi connectivity index (χ3n) is 3.78. The van der Waals surface area contributed by atoms with Gasteiger partial charge in [0.25, 0.3) is 5.91 Å². The molecule has 0 saturated carbocycles. The van der Waals surface area contributed by atoms with Crippen LogP contribution in [0.5, 0.6) is 0 Å². The number of hydrogen-bond donors (Lipinski definition) is 3. The summed E-state index contributed by atoms with van der Waals surface area (Å²) in [5.41, 5.74) is 6.80. The summed E-state index contributed by atoms with van der Waals surface area (Å²) < 4.78 is 0. The molecular weight excluding hydrogens is 338 g/mol. The number of nitrogens with one attached hydrogen (secondary N) is 3. The molecule has 0 saturated heterocycles. The van der Waals surface area contributed by atoms with E-state index in [0.717, 1.165) is 16.1 Å². The molecule has 0 bridgehead atoms. The minimum atomic E-state index is -0.537. The molecule has 1 aliphatic rings. The molecule has 0 radical (unpaired) electrons. The normalized spacial score (nSPS) is 15.7. The second kappa shape index (κ2) is 7.40. The number of fused-ring (bicyclic) bond motifs is 1. The Balaban J connectivity index is 1.56. The maximum absolute atomic E-state index is 12.1. The maximum Gasteiger partial charge on any atom is 0.269 e. The predicted molar refractivity (Wildman–Crippen MR) is 96.1 cm³/mol. The third-order valence-corrected chi connectivity index (χ3v) is 5.06. The zero-order chi connectivity index (χ0) is 17.8. The number of aryl methyl sites for hydroxylation is 1. The molecular formula is C18H17N3O3S. The Hall–Kier alpha value is -2.80. The lowest BCUT2D eigenvalue weighted by molar-refractivity contribution is -0.124. The number of hydrazine groups is 1. The molecule has 25 heavy (non-hydrogen) atoms. The Labute approximate surface area is 149 Å². The Bertz CT molecular complexity index is 838. The molecule has 3 rings (SSSR count). The number of rotatable bonds is 3. The van der Waals surface area contributed by atoms with Crippen LogP contribution in [0.15, 0.2) is 53.4 Å². The lowest BCUT2D eigenvalue weighted by atomic mass is 10.1. The van der Waals surface area contributed by atoms with Gasteiger partial charge in [-0.05, 0) is 30.7 Å². The smallest absolute Gasteiger partial charge is 0.269 e. The highest BCUT2D eigenvalue weighted by Gasteiger charge is 2.28. The fourth-order valence-electron chi connectivity index (χ4n) is 2.47. The molecule has 3 amide bonds. The molecule has 128 valence electrons. The lowest BCUT2D eigenvalue weighted by Gasteiger charge is -2.23. The van der Waals surface area contributed by atoms with Crippen LogP contribution in [0.2, 0.25) is 0 Å². The molecule has 1 atom stereocenters. The van der Waals surface area contributed by atoms with E-state index in [1.54, 1.807) is 12.1 Å². The molecule has 6 nitrogen and oxygen atoms in total. The monoisotopic (exact) mass is 355 g/mol. The first kappa shape index (κ1) is 17.0. The quantitative estimate of drug-likeness (QED) is 0.737. The van der Waals surface area contributed by atoms with Crippen molar-refractivity contribution in [2.24, 2.45) is 0 Å². The molecule has 0 spiro atoms. The van der Waals surface area contributed by atoms with Crippen LogP contribution in [0.25, 0.3) is 0 Å². The van der Waals surface area contributed by atoms with Crippen LogP contribution < -0.4 is 16.2 Å². The van der Waals surface area contributed by atoms with Gasteiger partial charge in [-0.15, -0.1) is 11.8 Å². The van der Waals surface area contributed by atoms with Crippen molar-refractivity contribution in [1.82, 2.24) is 10.9 Å². The van der Waals surface area contributed by atoms with Crippen molar-refractivity contribution in [3.8, 4) is 0 Å². The van der Waals surface area contributed by atoms with Gasteiger partial charge in [0.2, 0.25) is 11.8 Å². The van der Waals surface area contributed by atoms with Crippen LogP contribution in [0.3, 0.4) is 0 Å². The fourth-order valence-corrected chi connectivity index (χ4v) is 3.58. The summed E-state index contributed by atoms with van der Waals surface area (Å²) in [7, 11) is 0. The van der Waals surface area contributed by atoms with Crippen LogP contribution in [0.1, 0.15) is 22.3 Å². The Morgan fingerprint density at radius 2 is 1.80 bits per heavy atom. The number of hydrogen-bond acceptors (Lipinski definition) is 4. The largest absolute Gasteiger partial charge is 0.324 e. The summed E-state index contributed by atoms with van der Waals surface area (Å²) in [6, 6.07) is 14.5. The SMILES string of the molecule is Cc1ccccc1C(=O)NNC(=O)CC1Sc2ccccc2NC1=O. The lowest BCUT2D eigenvalue weighted by Crippen LogP contribution is -2.44. The van der Waals surface area contributed by atoms with Gasteiger partial charge in [0, 0.05) is 16.9 Å². The predicted octanol–water partition coefficient (Wildman–Crippen LogP) is 2.26. The third kappa shape index (κ3) is 4.00. The standard InChI is InChI=1S/C18H17N3O3S/c1-11-6-2-3-7-12(11)17(23)21-20-16(22)10-15-18(24)19-13-8-4-5-9-14(13)25-15/h2-9,15H,10H2,1H3,(H,19,24)(H,20,22)(H,21,23). The average molecular weight is 355 g/mol. The average Bonchev–Trinajstić information content (AvgIpc) is 2.61. The van der Waals surface area contributed by atoms with Crippen molar-refractivity contribution in [3.63, 3.8) is 0 Å². The number of thioether (sulfide) groups is 1. The molecule has 7 heteroatoms. The van der Waals surface area contributed by atoms with E-state index in [0.29, 0.717) is 5.56 Å².